The first-order valence-corrected chi connectivity index (χ1v) is 7.55. The van der Waals surface area contributed by atoms with Crippen LogP contribution in [0.15, 0.2) is 10.1 Å². The third kappa shape index (κ3) is 4.40. The number of aromatic nitrogens is 2. The van der Waals surface area contributed by atoms with E-state index in [-0.39, 0.29) is 29.5 Å². The highest BCUT2D eigenvalue weighted by Gasteiger charge is 2.16. The molecule has 9 heteroatoms. The maximum Gasteiger partial charge on any atom is 0.313 e. The Morgan fingerprint density at radius 2 is 2.05 bits per heavy atom. The molecule has 1 heterocycles. The van der Waals surface area contributed by atoms with Crippen molar-refractivity contribution in [3.05, 3.63) is 5.56 Å². The van der Waals surface area contributed by atoms with Crippen LogP contribution in [0.4, 0.5) is 5.95 Å². The van der Waals surface area contributed by atoms with Gasteiger partial charge in [-0.2, -0.15) is 5.26 Å². The highest BCUT2D eigenvalue weighted by Crippen LogP contribution is 2.27. The number of carbonyl (C=O) groups is 2. The van der Waals surface area contributed by atoms with Crippen LogP contribution in [-0.4, -0.2) is 40.8 Å². The van der Waals surface area contributed by atoms with Crippen molar-refractivity contribution in [3.8, 4) is 6.07 Å². The molecule has 0 aliphatic rings. The zero-order valence-corrected chi connectivity index (χ0v) is 12.5. The number of esters is 1. The van der Waals surface area contributed by atoms with Crippen LogP contribution < -0.4 is 5.73 Å². The second kappa shape index (κ2) is 7.72. The molecule has 0 aliphatic carbocycles. The van der Waals surface area contributed by atoms with E-state index in [2.05, 4.69) is 14.7 Å². The first-order chi connectivity index (χ1) is 9.51. The number of Topliss-reactive ketones (excluding diaryl/α,β-unsaturated/α-hetero) is 1. The van der Waals surface area contributed by atoms with Crippen LogP contribution >= 0.6 is 23.5 Å². The Labute approximate surface area is 124 Å². The number of carbonyl (C=O) groups excluding carboxylic acids is 2. The lowest BCUT2D eigenvalue weighted by molar-refractivity contribution is -0.142. The summed E-state index contributed by atoms with van der Waals surface area (Å²) in [6.07, 6.45) is 1.46. The first-order valence-electron chi connectivity index (χ1n) is 5.34. The number of anilines is 1. The second-order valence-electron chi connectivity index (χ2n) is 3.46. The average Bonchev–Trinajstić information content (AvgIpc) is 2.44. The quantitative estimate of drug-likeness (QED) is 0.353. The predicted molar refractivity (Wildman–Crippen MR) is 75.3 cm³/mol. The normalized spacial score (nSPS) is 9.85. The minimum atomic E-state index is -0.594. The molecule has 106 valence electrons. The summed E-state index contributed by atoms with van der Waals surface area (Å²) in [5.41, 5.74) is 5.83. The summed E-state index contributed by atoms with van der Waals surface area (Å²) in [4.78, 5) is 30.4. The van der Waals surface area contributed by atoms with Gasteiger partial charge >= 0.3 is 5.97 Å². The molecule has 0 saturated carbocycles. The maximum absolute atomic E-state index is 11.5. The fourth-order valence-corrected chi connectivity index (χ4v) is 2.66. The molecule has 0 aromatic carbocycles. The number of thioether (sulfide) groups is 2. The second-order valence-corrected chi connectivity index (χ2v) is 5.22. The van der Waals surface area contributed by atoms with Gasteiger partial charge in [0.05, 0.1) is 12.9 Å². The topological polar surface area (TPSA) is 119 Å². The summed E-state index contributed by atoms with van der Waals surface area (Å²) in [6, 6.07) is 1.99. The van der Waals surface area contributed by atoms with Crippen LogP contribution in [0.1, 0.15) is 12.0 Å². The van der Waals surface area contributed by atoms with Gasteiger partial charge in [0.25, 0.3) is 0 Å². The van der Waals surface area contributed by atoms with E-state index in [0.717, 1.165) is 11.8 Å². The molecule has 1 aromatic heterocycles. The highest BCUT2D eigenvalue weighted by atomic mass is 32.2. The molecule has 0 spiro atoms. The van der Waals surface area contributed by atoms with Crippen molar-refractivity contribution in [1.29, 1.82) is 5.26 Å². The third-order valence-corrected chi connectivity index (χ3v) is 3.82. The third-order valence-electron chi connectivity index (χ3n) is 2.10. The summed E-state index contributed by atoms with van der Waals surface area (Å²) in [5.74, 6) is -0.860. The van der Waals surface area contributed by atoms with Gasteiger partial charge < -0.3 is 10.5 Å². The predicted octanol–water partition coefficient (Wildman–Crippen LogP) is 0.877. The van der Waals surface area contributed by atoms with Crippen molar-refractivity contribution in [2.45, 2.75) is 16.5 Å². The van der Waals surface area contributed by atoms with E-state index >= 15 is 0 Å². The summed E-state index contributed by atoms with van der Waals surface area (Å²) in [7, 11) is 1.21. The van der Waals surface area contributed by atoms with Crippen LogP contribution in [0.2, 0.25) is 0 Å². The Morgan fingerprint density at radius 1 is 1.40 bits per heavy atom. The number of nitrogens with zero attached hydrogens (tertiary/aromatic N) is 3. The molecule has 0 aliphatic heterocycles. The standard InChI is InChI=1S/C11H12N4O3S2/c1-18-8(17)3-6(16)5-20-10-7(4-12)9(19-2)14-11(13)15-10/h3,5H2,1-2H3,(H2,13,14,15). The molecule has 7 nitrogen and oxygen atoms in total. The number of methoxy groups -OCH3 is 1. The summed E-state index contributed by atoms with van der Waals surface area (Å²) < 4.78 is 4.40. The Bertz CT molecular complexity index is 572. The Kier molecular flexibility index (Phi) is 6.27. The molecule has 2 N–H and O–H groups in total. The number of ketones is 1. The smallest absolute Gasteiger partial charge is 0.313 e. The molecule has 1 aromatic rings. The molecule has 0 bridgehead atoms. The number of nitriles is 1. The number of nitrogen functional groups attached to an aromatic ring is 1. The Balaban J connectivity index is 2.83. The summed E-state index contributed by atoms with van der Waals surface area (Å²) >= 11 is 2.32. The van der Waals surface area contributed by atoms with Crippen LogP contribution in [0, 0.1) is 11.3 Å². The van der Waals surface area contributed by atoms with Gasteiger partial charge in [0.2, 0.25) is 5.95 Å². The van der Waals surface area contributed by atoms with E-state index in [1.807, 2.05) is 6.07 Å². The molecular weight excluding hydrogens is 300 g/mol. The van der Waals surface area contributed by atoms with Gasteiger partial charge in [0.15, 0.2) is 5.78 Å². The molecule has 0 unspecified atom stereocenters. The van der Waals surface area contributed by atoms with E-state index in [4.69, 9.17) is 11.0 Å². The van der Waals surface area contributed by atoms with Gasteiger partial charge in [-0.25, -0.2) is 9.97 Å². The van der Waals surface area contributed by atoms with Crippen molar-refractivity contribution >= 4 is 41.2 Å². The van der Waals surface area contributed by atoms with E-state index in [0.29, 0.717) is 10.1 Å². The van der Waals surface area contributed by atoms with Gasteiger partial charge in [-0.05, 0) is 6.26 Å². The Morgan fingerprint density at radius 3 is 2.60 bits per heavy atom. The van der Waals surface area contributed by atoms with Crippen LogP contribution in [0.3, 0.4) is 0 Å². The molecule has 20 heavy (non-hydrogen) atoms. The van der Waals surface area contributed by atoms with Gasteiger partial charge in [-0.1, -0.05) is 11.8 Å². The fraction of sp³-hybridized carbons (Fsp3) is 0.364. The zero-order valence-electron chi connectivity index (χ0n) is 10.9. The fourth-order valence-electron chi connectivity index (χ4n) is 1.22. The van der Waals surface area contributed by atoms with E-state index in [1.54, 1.807) is 6.26 Å². The van der Waals surface area contributed by atoms with Gasteiger partial charge in [-0.3, -0.25) is 9.59 Å². The van der Waals surface area contributed by atoms with Gasteiger partial charge in [0.1, 0.15) is 28.1 Å². The van der Waals surface area contributed by atoms with Gasteiger partial charge in [0, 0.05) is 0 Å². The zero-order chi connectivity index (χ0) is 15.1. The van der Waals surface area contributed by atoms with Crippen molar-refractivity contribution in [1.82, 2.24) is 9.97 Å². The van der Waals surface area contributed by atoms with Crippen LogP contribution in [0.25, 0.3) is 0 Å². The highest BCUT2D eigenvalue weighted by molar-refractivity contribution is 8.00. The monoisotopic (exact) mass is 312 g/mol. The van der Waals surface area contributed by atoms with E-state index in [1.165, 1.54) is 18.9 Å². The Hall–Kier alpha value is -1.79. The lowest BCUT2D eigenvalue weighted by Gasteiger charge is -2.06. The number of hydrogen-bond acceptors (Lipinski definition) is 9. The molecule has 0 saturated heterocycles. The SMILES string of the molecule is COC(=O)CC(=O)CSc1nc(N)nc(SC)c1C#N. The lowest BCUT2D eigenvalue weighted by atomic mass is 10.3. The maximum atomic E-state index is 11.5. The van der Waals surface area contributed by atoms with E-state index < -0.39 is 5.97 Å². The number of ether oxygens (including phenoxy) is 1. The van der Waals surface area contributed by atoms with Crippen LogP contribution in [0.5, 0.6) is 0 Å². The van der Waals surface area contributed by atoms with Crippen molar-refractivity contribution < 1.29 is 14.3 Å². The van der Waals surface area contributed by atoms with Crippen molar-refractivity contribution in [2.75, 3.05) is 24.9 Å². The lowest BCUT2D eigenvalue weighted by Crippen LogP contribution is -2.11. The first kappa shape index (κ1) is 16.3. The largest absolute Gasteiger partial charge is 0.469 e. The van der Waals surface area contributed by atoms with Crippen molar-refractivity contribution in [3.63, 3.8) is 0 Å². The molecule has 1 rings (SSSR count). The summed E-state index contributed by atoms with van der Waals surface area (Å²) in [6.45, 7) is 0. The minimum absolute atomic E-state index is 0.00799. The molecule has 0 atom stereocenters. The molecular formula is C11H12N4O3S2. The minimum Gasteiger partial charge on any atom is -0.469 e. The summed E-state index contributed by atoms with van der Waals surface area (Å²) in [5, 5.41) is 9.91. The van der Waals surface area contributed by atoms with Gasteiger partial charge in [-0.15, -0.1) is 11.8 Å². The van der Waals surface area contributed by atoms with Crippen LogP contribution in [-0.2, 0) is 14.3 Å². The number of nitrogens with two attached hydrogens (primary N) is 1. The number of rotatable bonds is 6. The van der Waals surface area contributed by atoms with E-state index in [9.17, 15) is 9.59 Å². The number of hydrogen-bond donors (Lipinski definition) is 1. The molecule has 0 amide bonds. The molecule has 0 radical (unpaired) electrons. The van der Waals surface area contributed by atoms with Crippen molar-refractivity contribution in [2.24, 2.45) is 0 Å². The average molecular weight is 312 g/mol. The molecule has 0 fully saturated rings.